The molecule has 0 aliphatic heterocycles. The van der Waals surface area contributed by atoms with Crippen molar-refractivity contribution in [3.8, 4) is 6.07 Å². The summed E-state index contributed by atoms with van der Waals surface area (Å²) in [4.78, 5) is 0.988. The number of nitrogens with zero attached hydrogens (tertiary/aromatic N) is 1. The van der Waals surface area contributed by atoms with E-state index in [4.69, 9.17) is 11.0 Å². The van der Waals surface area contributed by atoms with E-state index in [-0.39, 0.29) is 5.54 Å². The van der Waals surface area contributed by atoms with Gasteiger partial charge in [0.25, 0.3) is 0 Å². The van der Waals surface area contributed by atoms with Crippen LogP contribution in [-0.2, 0) is 0 Å². The summed E-state index contributed by atoms with van der Waals surface area (Å²) >= 11 is 1.57. The van der Waals surface area contributed by atoms with Gasteiger partial charge < -0.3 is 11.1 Å². The molecule has 0 saturated heterocycles. The molecule has 1 aromatic rings. The van der Waals surface area contributed by atoms with E-state index in [1.807, 2.05) is 38.3 Å². The van der Waals surface area contributed by atoms with Crippen molar-refractivity contribution in [2.24, 2.45) is 5.73 Å². The summed E-state index contributed by atoms with van der Waals surface area (Å²) in [5, 5.41) is 12.3. The molecule has 0 amide bonds. The minimum absolute atomic E-state index is 0.290. The Bertz CT molecular complexity index is 402. The molecule has 16 heavy (non-hydrogen) atoms. The standard InChI is InChI=1S/C12H17N3S/c1-12(2,14)8-15-10-5-4-6-11(16-3)9(10)7-13/h4-6,15H,8,14H2,1-3H3. The van der Waals surface area contributed by atoms with Gasteiger partial charge in [-0.3, -0.25) is 0 Å². The van der Waals surface area contributed by atoms with Gasteiger partial charge in [0.1, 0.15) is 6.07 Å². The summed E-state index contributed by atoms with van der Waals surface area (Å²) in [6.45, 7) is 4.54. The highest BCUT2D eigenvalue weighted by atomic mass is 32.2. The van der Waals surface area contributed by atoms with Crippen LogP contribution in [0.15, 0.2) is 23.1 Å². The molecule has 0 atom stereocenters. The normalized spacial score (nSPS) is 10.9. The predicted octanol–water partition coefficient (Wildman–Crippen LogP) is 2.43. The van der Waals surface area contributed by atoms with Gasteiger partial charge in [0, 0.05) is 17.0 Å². The molecule has 4 heteroatoms. The minimum Gasteiger partial charge on any atom is -0.382 e. The summed E-state index contributed by atoms with van der Waals surface area (Å²) in [5.74, 6) is 0. The first-order chi connectivity index (χ1) is 7.48. The van der Waals surface area contributed by atoms with Crippen LogP contribution in [0.1, 0.15) is 19.4 Å². The lowest BCUT2D eigenvalue weighted by Gasteiger charge is -2.20. The topological polar surface area (TPSA) is 61.8 Å². The molecule has 3 N–H and O–H groups in total. The van der Waals surface area contributed by atoms with E-state index in [1.54, 1.807) is 11.8 Å². The van der Waals surface area contributed by atoms with E-state index in [1.165, 1.54) is 0 Å². The molecule has 1 aromatic carbocycles. The first-order valence-corrected chi connectivity index (χ1v) is 6.30. The SMILES string of the molecule is CSc1cccc(NCC(C)(C)N)c1C#N. The Morgan fingerprint density at radius 1 is 1.50 bits per heavy atom. The summed E-state index contributed by atoms with van der Waals surface area (Å²) in [5.41, 5.74) is 7.15. The van der Waals surface area contributed by atoms with Crippen LogP contribution in [0.3, 0.4) is 0 Å². The third-order valence-electron chi connectivity index (χ3n) is 2.09. The van der Waals surface area contributed by atoms with Crippen LogP contribution in [-0.4, -0.2) is 18.3 Å². The molecule has 3 nitrogen and oxygen atoms in total. The van der Waals surface area contributed by atoms with Crippen molar-refractivity contribution < 1.29 is 0 Å². The van der Waals surface area contributed by atoms with Crippen LogP contribution < -0.4 is 11.1 Å². The molecule has 0 fully saturated rings. The van der Waals surface area contributed by atoms with Gasteiger partial charge in [-0.2, -0.15) is 5.26 Å². The molecule has 0 aromatic heterocycles. The minimum atomic E-state index is -0.290. The lowest BCUT2D eigenvalue weighted by atomic mass is 10.1. The second-order valence-electron chi connectivity index (χ2n) is 4.34. The van der Waals surface area contributed by atoms with Crippen LogP contribution in [0.2, 0.25) is 0 Å². The molecule has 86 valence electrons. The Hall–Kier alpha value is -1.18. The maximum Gasteiger partial charge on any atom is 0.102 e. The number of hydrogen-bond donors (Lipinski definition) is 2. The van der Waals surface area contributed by atoms with Crippen LogP contribution in [0.5, 0.6) is 0 Å². The number of thioether (sulfide) groups is 1. The Balaban J connectivity index is 2.93. The number of rotatable bonds is 4. The fourth-order valence-electron chi connectivity index (χ4n) is 1.29. The molecule has 0 aliphatic rings. The number of anilines is 1. The van der Waals surface area contributed by atoms with Crippen LogP contribution >= 0.6 is 11.8 Å². The highest BCUT2D eigenvalue weighted by molar-refractivity contribution is 7.98. The second-order valence-corrected chi connectivity index (χ2v) is 5.18. The highest BCUT2D eigenvalue weighted by Gasteiger charge is 2.12. The number of nitriles is 1. The van der Waals surface area contributed by atoms with E-state index < -0.39 is 0 Å². The van der Waals surface area contributed by atoms with E-state index in [0.717, 1.165) is 10.6 Å². The van der Waals surface area contributed by atoms with Gasteiger partial charge in [-0.1, -0.05) is 6.07 Å². The highest BCUT2D eigenvalue weighted by Crippen LogP contribution is 2.26. The van der Waals surface area contributed by atoms with Gasteiger partial charge in [-0.15, -0.1) is 11.8 Å². The lowest BCUT2D eigenvalue weighted by molar-refractivity contribution is 0.549. The summed E-state index contributed by atoms with van der Waals surface area (Å²) in [6.07, 6.45) is 1.97. The van der Waals surface area contributed by atoms with Gasteiger partial charge in [0.05, 0.1) is 11.3 Å². The molecule has 0 unspecified atom stereocenters. The van der Waals surface area contributed by atoms with Crippen molar-refractivity contribution in [2.75, 3.05) is 18.1 Å². The molecule has 0 bridgehead atoms. The second kappa shape index (κ2) is 5.24. The van der Waals surface area contributed by atoms with Gasteiger partial charge in [0.15, 0.2) is 0 Å². The third-order valence-corrected chi connectivity index (χ3v) is 2.87. The number of nitrogens with one attached hydrogen (secondary N) is 1. The zero-order valence-corrected chi connectivity index (χ0v) is 10.7. The van der Waals surface area contributed by atoms with Crippen molar-refractivity contribution in [3.63, 3.8) is 0 Å². The monoisotopic (exact) mass is 235 g/mol. The molecule has 0 heterocycles. The zero-order chi connectivity index (χ0) is 12.2. The quantitative estimate of drug-likeness (QED) is 0.787. The van der Waals surface area contributed by atoms with Crippen LogP contribution in [0, 0.1) is 11.3 Å². The molecule has 0 spiro atoms. The van der Waals surface area contributed by atoms with E-state index >= 15 is 0 Å². The van der Waals surface area contributed by atoms with Crippen molar-refractivity contribution in [3.05, 3.63) is 23.8 Å². The Morgan fingerprint density at radius 2 is 2.19 bits per heavy atom. The molecule has 0 radical (unpaired) electrons. The zero-order valence-electron chi connectivity index (χ0n) is 9.87. The molecule has 1 rings (SSSR count). The third kappa shape index (κ3) is 3.44. The fourth-order valence-corrected chi connectivity index (χ4v) is 1.86. The van der Waals surface area contributed by atoms with Crippen molar-refractivity contribution in [2.45, 2.75) is 24.3 Å². The van der Waals surface area contributed by atoms with E-state index in [2.05, 4.69) is 11.4 Å². The summed E-state index contributed by atoms with van der Waals surface area (Å²) < 4.78 is 0. The molecular weight excluding hydrogens is 218 g/mol. The fraction of sp³-hybridized carbons (Fsp3) is 0.417. The van der Waals surface area contributed by atoms with Crippen LogP contribution in [0.4, 0.5) is 5.69 Å². The maximum atomic E-state index is 9.13. The van der Waals surface area contributed by atoms with E-state index in [9.17, 15) is 0 Å². The summed E-state index contributed by atoms with van der Waals surface area (Å²) in [7, 11) is 0. The number of nitrogens with two attached hydrogens (primary N) is 1. The Labute approximate surface area is 101 Å². The Morgan fingerprint density at radius 3 is 2.69 bits per heavy atom. The Kier molecular flexibility index (Phi) is 4.22. The van der Waals surface area contributed by atoms with Crippen molar-refractivity contribution >= 4 is 17.4 Å². The van der Waals surface area contributed by atoms with Gasteiger partial charge in [0.2, 0.25) is 0 Å². The first-order valence-electron chi connectivity index (χ1n) is 5.08. The van der Waals surface area contributed by atoms with Gasteiger partial charge >= 0.3 is 0 Å². The molecule has 0 saturated carbocycles. The van der Waals surface area contributed by atoms with Gasteiger partial charge in [-0.25, -0.2) is 0 Å². The number of benzene rings is 1. The molecular formula is C12H17N3S. The smallest absolute Gasteiger partial charge is 0.102 e. The van der Waals surface area contributed by atoms with Gasteiger partial charge in [-0.05, 0) is 32.2 Å². The first kappa shape index (κ1) is 12.9. The maximum absolute atomic E-state index is 9.13. The number of hydrogen-bond acceptors (Lipinski definition) is 4. The predicted molar refractivity (Wildman–Crippen MR) is 69.7 cm³/mol. The van der Waals surface area contributed by atoms with E-state index in [0.29, 0.717) is 12.1 Å². The average molecular weight is 235 g/mol. The summed E-state index contributed by atoms with van der Waals surface area (Å²) in [6, 6.07) is 8.02. The average Bonchev–Trinajstić information content (AvgIpc) is 2.24. The molecule has 0 aliphatic carbocycles. The lowest BCUT2D eigenvalue weighted by Crippen LogP contribution is -2.39. The van der Waals surface area contributed by atoms with Crippen molar-refractivity contribution in [1.29, 1.82) is 5.26 Å². The van der Waals surface area contributed by atoms with Crippen molar-refractivity contribution in [1.82, 2.24) is 0 Å². The largest absolute Gasteiger partial charge is 0.382 e. The van der Waals surface area contributed by atoms with Crippen LogP contribution in [0.25, 0.3) is 0 Å².